The van der Waals surface area contributed by atoms with Gasteiger partial charge in [-0.3, -0.25) is 87.2 Å². The molecule has 7 aromatic rings. The van der Waals surface area contributed by atoms with Gasteiger partial charge in [0.05, 0.1) is 113 Å². The van der Waals surface area contributed by atoms with E-state index in [-0.39, 0.29) is 398 Å². The number of fused-ring (bicyclic) bond motifs is 14. The van der Waals surface area contributed by atoms with Crippen LogP contribution in [0.1, 0.15) is 236 Å². The molecule has 47 nitrogen and oxygen atoms in total. The first kappa shape index (κ1) is 139. The first-order valence-corrected chi connectivity index (χ1v) is 46.1. The van der Waals surface area contributed by atoms with Gasteiger partial charge in [0.15, 0.2) is 29.5 Å². The van der Waals surface area contributed by atoms with Gasteiger partial charge in [-0.2, -0.15) is 0 Å². The molecular weight excluding hydrogens is 2420 g/mol. The largest absolute Gasteiger partial charge is 0.509 e. The minimum atomic E-state index is -0.418. The Bertz CT molecular complexity index is 5190. The predicted octanol–water partition coefficient (Wildman–Crippen LogP) is 4.59. The summed E-state index contributed by atoms with van der Waals surface area (Å²) in [5, 5.41) is 34.4. The molecule has 0 N–H and O–H groups in total. The quantitative estimate of drug-likeness (QED) is 0.197. The molecule has 0 bridgehead atoms. The molecule has 5 unspecified atom stereocenters. The number of aromatic nitrogens is 14. The molecule has 14 aliphatic heterocycles. The first-order valence-electron chi connectivity index (χ1n) is 46.1. The number of nitrogens with zero attached hydrogens (tertiary/aromatic N) is 23. The van der Waals surface area contributed by atoms with E-state index in [0.717, 1.165) is 115 Å². The van der Waals surface area contributed by atoms with E-state index in [1.165, 1.54) is 94.9 Å². The van der Waals surface area contributed by atoms with Crippen LogP contribution in [0.15, 0.2) is 76.9 Å². The number of hydrogen-bond acceptors (Lipinski definition) is 33. The number of rotatable bonds is 7. The smallest absolute Gasteiger partial charge is 0.224 e. The van der Waals surface area contributed by atoms with Gasteiger partial charge in [-0.1, -0.05) is 137 Å². The third-order valence-electron chi connectivity index (χ3n) is 21.8. The summed E-state index contributed by atoms with van der Waals surface area (Å²) < 4.78 is 61.1. The molecule has 5 atom stereocenters. The summed E-state index contributed by atoms with van der Waals surface area (Å²) in [7, 11) is 9.64. The van der Waals surface area contributed by atoms with Gasteiger partial charge in [0.25, 0.3) is 0 Å². The van der Waals surface area contributed by atoms with Crippen LogP contribution in [-0.4, -0.2) is 320 Å². The van der Waals surface area contributed by atoms with Crippen molar-refractivity contribution in [1.82, 2.24) is 113 Å². The molecule has 54 heteroatoms. The van der Waals surface area contributed by atoms with Crippen LogP contribution in [0.25, 0.3) is 0 Å². The van der Waals surface area contributed by atoms with Crippen molar-refractivity contribution < 1.29 is 310 Å². The molecule has 0 aliphatic carbocycles. The molecule has 0 saturated carbocycles. The Morgan fingerprint density at radius 1 is 0.262 bits per heavy atom. The van der Waals surface area contributed by atoms with Crippen LogP contribution < -0.4 is 71.2 Å². The van der Waals surface area contributed by atoms with Crippen molar-refractivity contribution in [3.63, 3.8) is 0 Å². The maximum Gasteiger partial charge on any atom is 0.224 e. The second kappa shape index (κ2) is 68.6. The van der Waals surface area contributed by atoms with Crippen molar-refractivity contribution in [2.45, 2.75) is 193 Å². The van der Waals surface area contributed by atoms with Crippen molar-refractivity contribution in [3.05, 3.63) is 201 Å². The van der Waals surface area contributed by atoms with E-state index < -0.39 is 28.7 Å². The van der Waals surface area contributed by atoms with Crippen molar-refractivity contribution in [2.75, 3.05) is 135 Å². The molecule has 7 radical (unpaired) electrons. The summed E-state index contributed by atoms with van der Waals surface area (Å²) in [4.78, 5) is 176. The average molecular weight is 2550 g/mol. The monoisotopic (exact) mass is 2550 g/mol. The van der Waals surface area contributed by atoms with Gasteiger partial charge in [0.1, 0.15) is 52.7 Å². The number of methoxy groups -OCH3 is 7. The summed E-state index contributed by atoms with van der Waals surface area (Å²) in [6, 6.07) is 0.0339. The summed E-state index contributed by atoms with van der Waals surface area (Å²) in [6.45, 7) is 48.2. The minimum absolute atomic E-state index is 0. The Labute approximate surface area is 1020 Å². The van der Waals surface area contributed by atoms with Gasteiger partial charge >= 0.3 is 0 Å². The normalized spacial score (nSPS) is 18.1. The van der Waals surface area contributed by atoms with Crippen molar-refractivity contribution >= 4 is 41.4 Å². The summed E-state index contributed by atoms with van der Waals surface area (Å²) in [5.74, 6) is -1.30. The van der Waals surface area contributed by atoms with Crippen LogP contribution in [0.5, 0.6) is 40.2 Å². The van der Waals surface area contributed by atoms with E-state index in [0.29, 0.717) is 59.2 Å². The number of morpholine rings is 1. The zero-order valence-corrected chi connectivity index (χ0v) is 106. The molecule has 14 aliphatic rings. The van der Waals surface area contributed by atoms with Crippen LogP contribution in [-0.2, 0) is 243 Å². The Hall–Kier alpha value is -6.33. The topological polar surface area (TPSA) is 485 Å². The van der Waals surface area contributed by atoms with Crippen LogP contribution in [0.3, 0.4) is 0 Å². The molecule has 7 aromatic heterocycles. The summed E-state index contributed by atoms with van der Waals surface area (Å²) in [5.41, 5.74) is -1.32. The maximum atomic E-state index is 12.4. The van der Waals surface area contributed by atoms with Gasteiger partial charge in [-0.25, -0.2) is 35.7 Å². The molecule has 7 fully saturated rings. The van der Waals surface area contributed by atoms with Crippen LogP contribution in [0.2, 0.25) is 0 Å². The van der Waals surface area contributed by atoms with Gasteiger partial charge in [-0.15, -0.1) is 19.6 Å². The Balaban J connectivity index is 0.00000162. The number of carbonyl (C=O) groups excluding carboxylic acids is 7. The number of amides is 7. The fourth-order valence-corrected chi connectivity index (χ4v) is 16.0. The number of carbonyl (C=O) groups is 7. The van der Waals surface area contributed by atoms with E-state index in [2.05, 4.69) is 35.7 Å². The first-order chi connectivity index (χ1) is 66.5. The SMILES string of the molecule is C.CC.CC.CC.CC.CC.CC.CC.COc1c2n(ncc1=O)[CH-]C1CCCCN1C2=O.COc1c2n(ncc1=O)[CH-]C1CCCN1C2=O.COc1c2n(ncc1=O)[CH-]C1COCCN1C2=O.COc1c2n(ncc1=O)[CH-]C1OCCCN1C2=O.COc1c2n(ncc1=O)[CH-]C1OCCN1C2=O.COc1c2n(ncc1=O)[CH-]N1CCCCN1C2=O.COc1c2n(ncc1=O)[CH-]N1CCCN1C2=O.[Y].[Y].[Y].[Y].[Y].[Y].[Y]. The minimum Gasteiger partial charge on any atom is -0.509 e. The van der Waals surface area contributed by atoms with Crippen LogP contribution in [0, 0.1) is 46.1 Å². The number of piperidine rings is 1. The second-order valence-electron chi connectivity index (χ2n) is 28.9. The van der Waals surface area contributed by atoms with Gasteiger partial charge < -0.3 is 105 Å². The van der Waals surface area contributed by atoms with Gasteiger partial charge in [-0.05, 0) is 51.4 Å². The molecule has 21 rings (SSSR count). The summed E-state index contributed by atoms with van der Waals surface area (Å²) in [6.07, 6.45) is 15.9. The fourth-order valence-electron chi connectivity index (χ4n) is 16.0. The molecule has 21 heterocycles. The van der Waals surface area contributed by atoms with E-state index >= 15 is 0 Å². The zero-order valence-electron chi connectivity index (χ0n) is 85.7. The van der Waals surface area contributed by atoms with E-state index in [1.54, 1.807) is 72.5 Å². The average Bonchev–Trinajstić information content (AvgIpc) is 1.17. The predicted molar refractivity (Wildman–Crippen MR) is 503 cm³/mol. The second-order valence-corrected chi connectivity index (χ2v) is 28.9. The Morgan fingerprint density at radius 3 is 0.862 bits per heavy atom. The summed E-state index contributed by atoms with van der Waals surface area (Å²) >= 11 is 0. The van der Waals surface area contributed by atoms with E-state index in [1.807, 2.05) is 115 Å². The van der Waals surface area contributed by atoms with Gasteiger partial charge in [0, 0.05) is 352 Å². The molecule has 7 amide bonds. The molecule has 145 heavy (non-hydrogen) atoms. The molecule has 7 saturated heterocycles. The number of ether oxygens (including phenoxy) is 10. The molecule has 0 aromatic carbocycles. The van der Waals surface area contributed by atoms with Crippen molar-refractivity contribution in [1.29, 1.82) is 0 Å². The van der Waals surface area contributed by atoms with Crippen molar-refractivity contribution in [3.8, 4) is 40.2 Å². The molecular formula is C91H130N23O24Y7-7. The Morgan fingerprint density at radius 2 is 0.510 bits per heavy atom. The Kier molecular flexibility index (Phi) is 65.6. The molecule has 0 spiro atoms. The van der Waals surface area contributed by atoms with Crippen molar-refractivity contribution in [2.24, 2.45) is 0 Å². The molecule has 781 valence electrons. The third kappa shape index (κ3) is 31.3. The maximum absolute atomic E-state index is 12.4. The van der Waals surface area contributed by atoms with E-state index in [9.17, 15) is 67.1 Å². The van der Waals surface area contributed by atoms with Crippen LogP contribution in [0.4, 0.5) is 0 Å². The zero-order chi connectivity index (χ0) is 101. The fraction of sp³-hybridized carbons (Fsp3) is 0.538. The van der Waals surface area contributed by atoms with E-state index in [4.69, 9.17) is 47.4 Å². The van der Waals surface area contributed by atoms with Gasteiger partial charge in [0.2, 0.25) is 49.8 Å². The number of hydrogen-bond donors (Lipinski definition) is 0. The third-order valence-corrected chi connectivity index (χ3v) is 21.8. The standard InChI is InChI=1S/C12H14N3O3.C11H13N4O3.2C11H12N3O4.C11H12N3O3.C10H11N4O3.C10H10N3O4.7C2H6.CH4.7Y/c1-18-11-9(16)6-13-15-7-8-4-2-3-5-14(8)12(17)10(11)15;1-18-10-8(16)6-12-14-7-13-4-2-3-5-15(13)11(17)9(10)14;1-17-10-8(15)4-12-14-5-7-6-18-3-2-13(7)11(16)9(10)14;1-17-10-7(15)5-12-14-6-8-13(3-2-4-18-8)11(16)9(10)14;1-17-10-8(15)5-12-14-6-7-3-2-4-13(7)11(16)9(10)14;1-17-9-7(15)5-11-13-6-12-3-2-4-14(12)10(16)8(9)13;1-16-9-6(14)4-11-13-5-7-12(2-3-17-7)10(15)8(9)13;7*1-2;;;;;;;;/h6-8H,2-5H2,1H3;6-7H,2-5H2,1H3;4-5,7H,2-3,6H2,1H3;5-6,8H,2-4H2,1H3;5-7H,2-4H2,1H3;5-6H,2-4H2,1H3;4-5,7H,2-3H2,1H3;7*1-2H3;1H4;;;;;;;/q7*-1;;;;;;;;;;;;;;;. The number of hydrazine groups is 2. The van der Waals surface area contributed by atoms with Crippen LogP contribution >= 0.6 is 0 Å².